The molecular weight excluding hydrogens is 274 g/mol. The van der Waals surface area contributed by atoms with Crippen LogP contribution >= 0.6 is 0 Å². The number of benzene rings is 1. The molecule has 0 heterocycles. The number of hydrogen-bond donors (Lipinski definition) is 0. The third-order valence-corrected chi connectivity index (χ3v) is 5.90. The Labute approximate surface area is 131 Å². The van der Waals surface area contributed by atoms with Gasteiger partial charge in [0.15, 0.2) is 0 Å². The number of ether oxygens (including phenoxy) is 1. The van der Waals surface area contributed by atoms with Crippen molar-refractivity contribution in [1.82, 2.24) is 0 Å². The van der Waals surface area contributed by atoms with E-state index in [2.05, 4.69) is 6.07 Å². The smallest absolute Gasteiger partial charge is 0.311 e. The fourth-order valence-corrected chi connectivity index (χ4v) is 5.58. The van der Waals surface area contributed by atoms with E-state index in [1.165, 1.54) is 38.5 Å². The molecule has 4 aliphatic carbocycles. The zero-order valence-corrected chi connectivity index (χ0v) is 12.8. The molecule has 22 heavy (non-hydrogen) atoms. The molecule has 5 rings (SSSR count). The molecule has 4 aliphatic rings. The van der Waals surface area contributed by atoms with Crippen molar-refractivity contribution in [2.75, 3.05) is 0 Å². The largest absolute Gasteiger partial charge is 0.427 e. The van der Waals surface area contributed by atoms with Crippen molar-refractivity contribution in [2.45, 2.75) is 44.9 Å². The number of carbonyl (C=O) groups excluding carboxylic acids is 1. The minimum absolute atomic E-state index is 0.105. The molecule has 0 saturated heterocycles. The van der Waals surface area contributed by atoms with Crippen LogP contribution in [0, 0.1) is 34.5 Å². The molecule has 3 nitrogen and oxygen atoms in total. The summed E-state index contributed by atoms with van der Waals surface area (Å²) in [7, 11) is 0. The van der Waals surface area contributed by atoms with Crippen molar-refractivity contribution in [2.24, 2.45) is 23.2 Å². The first-order chi connectivity index (χ1) is 10.6. The van der Waals surface area contributed by atoms with Crippen LogP contribution in [0.1, 0.15) is 50.5 Å². The molecule has 0 radical (unpaired) electrons. The fraction of sp³-hybridized carbons (Fsp3) is 0.579. The van der Waals surface area contributed by atoms with Crippen LogP contribution < -0.4 is 4.74 Å². The summed E-state index contributed by atoms with van der Waals surface area (Å²) in [6.07, 6.45) is 8.42. The Morgan fingerprint density at radius 3 is 2.14 bits per heavy atom. The van der Waals surface area contributed by atoms with Crippen LogP contribution in [0.25, 0.3) is 0 Å². The van der Waals surface area contributed by atoms with E-state index < -0.39 is 0 Å². The van der Waals surface area contributed by atoms with E-state index in [1.807, 2.05) is 0 Å². The van der Waals surface area contributed by atoms with Crippen LogP contribution in [0.5, 0.6) is 5.75 Å². The predicted molar refractivity (Wildman–Crippen MR) is 82.0 cm³/mol. The number of nitrogens with zero attached hydrogens (tertiary/aromatic N) is 1. The molecule has 4 bridgehead atoms. The van der Waals surface area contributed by atoms with Gasteiger partial charge < -0.3 is 4.74 Å². The van der Waals surface area contributed by atoms with Gasteiger partial charge in [-0.2, -0.15) is 5.26 Å². The molecule has 0 amide bonds. The van der Waals surface area contributed by atoms with Crippen molar-refractivity contribution in [3.8, 4) is 11.8 Å². The van der Waals surface area contributed by atoms with E-state index in [4.69, 9.17) is 10.00 Å². The van der Waals surface area contributed by atoms with Crippen LogP contribution in [0.3, 0.4) is 0 Å². The van der Waals surface area contributed by atoms with Gasteiger partial charge in [0.1, 0.15) is 5.75 Å². The van der Waals surface area contributed by atoms with Gasteiger partial charge >= 0.3 is 5.97 Å². The van der Waals surface area contributed by atoms with Crippen molar-refractivity contribution in [1.29, 1.82) is 5.26 Å². The van der Waals surface area contributed by atoms with Gasteiger partial charge in [0.2, 0.25) is 0 Å². The Bertz CT molecular complexity index is 591. The van der Waals surface area contributed by atoms with E-state index in [0.717, 1.165) is 17.8 Å². The number of rotatable bonds is 3. The van der Waals surface area contributed by atoms with Crippen LogP contribution in [0.4, 0.5) is 0 Å². The predicted octanol–water partition coefficient (Wildman–Crippen LogP) is 4.07. The Hall–Kier alpha value is -1.82. The highest BCUT2D eigenvalue weighted by atomic mass is 16.5. The molecule has 4 fully saturated rings. The number of esters is 1. The second-order valence-electron chi connectivity index (χ2n) is 7.70. The Morgan fingerprint density at radius 2 is 1.64 bits per heavy atom. The maximum Gasteiger partial charge on any atom is 0.311 e. The molecule has 0 atom stereocenters. The van der Waals surface area contributed by atoms with E-state index >= 15 is 0 Å². The topological polar surface area (TPSA) is 50.1 Å². The minimum Gasteiger partial charge on any atom is -0.427 e. The van der Waals surface area contributed by atoms with Gasteiger partial charge in [-0.1, -0.05) is 0 Å². The summed E-state index contributed by atoms with van der Waals surface area (Å²) in [4.78, 5) is 12.4. The third-order valence-electron chi connectivity index (χ3n) is 5.90. The first kappa shape index (κ1) is 13.8. The molecule has 0 unspecified atom stereocenters. The zero-order valence-electron chi connectivity index (χ0n) is 12.8. The van der Waals surface area contributed by atoms with Gasteiger partial charge in [0.05, 0.1) is 18.1 Å². The molecule has 3 heteroatoms. The van der Waals surface area contributed by atoms with Crippen molar-refractivity contribution in [3.63, 3.8) is 0 Å². The number of hydrogen-bond acceptors (Lipinski definition) is 3. The molecule has 4 saturated carbocycles. The standard InChI is InChI=1S/C19H21NO2/c20-12-13-1-3-17(4-2-13)22-18(21)11-19-8-14-5-15(9-19)7-16(6-14)10-19/h1-4,14-16H,5-11H2. The van der Waals surface area contributed by atoms with Crippen molar-refractivity contribution < 1.29 is 9.53 Å². The SMILES string of the molecule is N#Cc1ccc(OC(=O)CC23CC4CC(CC(C4)C2)C3)cc1. The van der Waals surface area contributed by atoms with Gasteiger partial charge in [0, 0.05) is 0 Å². The molecule has 114 valence electrons. The van der Waals surface area contributed by atoms with Gasteiger partial charge in [-0.15, -0.1) is 0 Å². The van der Waals surface area contributed by atoms with Crippen molar-refractivity contribution >= 4 is 5.97 Å². The van der Waals surface area contributed by atoms with Crippen LogP contribution in [-0.4, -0.2) is 5.97 Å². The first-order valence-corrected chi connectivity index (χ1v) is 8.35. The third kappa shape index (κ3) is 2.52. The highest BCUT2D eigenvalue weighted by molar-refractivity contribution is 5.73. The second-order valence-corrected chi connectivity index (χ2v) is 7.70. The lowest BCUT2D eigenvalue weighted by Crippen LogP contribution is -2.47. The molecule has 1 aromatic carbocycles. The molecule has 0 N–H and O–H groups in total. The lowest BCUT2D eigenvalue weighted by atomic mass is 9.49. The maximum atomic E-state index is 12.4. The minimum atomic E-state index is -0.105. The zero-order chi connectivity index (χ0) is 15.2. The van der Waals surface area contributed by atoms with E-state index in [1.54, 1.807) is 24.3 Å². The van der Waals surface area contributed by atoms with E-state index in [9.17, 15) is 4.79 Å². The van der Waals surface area contributed by atoms with Gasteiger partial charge in [-0.25, -0.2) is 0 Å². The normalized spacial score (nSPS) is 35.1. The van der Waals surface area contributed by atoms with Crippen molar-refractivity contribution in [3.05, 3.63) is 29.8 Å². The van der Waals surface area contributed by atoms with E-state index in [-0.39, 0.29) is 11.4 Å². The molecule has 1 aromatic rings. The van der Waals surface area contributed by atoms with E-state index in [0.29, 0.717) is 17.7 Å². The summed E-state index contributed by atoms with van der Waals surface area (Å²) in [5.41, 5.74) is 0.805. The average molecular weight is 295 g/mol. The first-order valence-electron chi connectivity index (χ1n) is 8.35. The van der Waals surface area contributed by atoms with Crippen LogP contribution in [0.15, 0.2) is 24.3 Å². The van der Waals surface area contributed by atoms with Crippen LogP contribution in [-0.2, 0) is 4.79 Å². The molecule has 0 aromatic heterocycles. The maximum absolute atomic E-state index is 12.4. The summed E-state index contributed by atoms with van der Waals surface area (Å²) in [5.74, 6) is 3.01. The molecule has 0 aliphatic heterocycles. The number of nitriles is 1. The molecular formula is C19H21NO2. The number of carbonyl (C=O) groups is 1. The quantitative estimate of drug-likeness (QED) is 0.624. The lowest BCUT2D eigenvalue weighted by molar-refractivity contribution is -0.142. The highest BCUT2D eigenvalue weighted by Gasteiger charge is 2.51. The monoisotopic (exact) mass is 295 g/mol. The summed E-state index contributed by atoms with van der Waals surface area (Å²) in [6, 6.07) is 8.85. The highest BCUT2D eigenvalue weighted by Crippen LogP contribution is 2.61. The summed E-state index contributed by atoms with van der Waals surface area (Å²) in [6.45, 7) is 0. The Morgan fingerprint density at radius 1 is 1.09 bits per heavy atom. The summed E-state index contributed by atoms with van der Waals surface area (Å²) >= 11 is 0. The van der Waals surface area contributed by atoms with Gasteiger partial charge in [-0.3, -0.25) is 4.79 Å². The summed E-state index contributed by atoms with van der Waals surface area (Å²) in [5, 5.41) is 8.79. The Balaban J connectivity index is 1.42. The average Bonchev–Trinajstić information content (AvgIpc) is 2.45. The van der Waals surface area contributed by atoms with Gasteiger partial charge in [-0.05, 0) is 86.0 Å². The second kappa shape index (κ2) is 5.12. The van der Waals surface area contributed by atoms with Gasteiger partial charge in [0.25, 0.3) is 0 Å². The lowest BCUT2D eigenvalue weighted by Gasteiger charge is -2.56. The van der Waals surface area contributed by atoms with Crippen LogP contribution in [0.2, 0.25) is 0 Å². The summed E-state index contributed by atoms with van der Waals surface area (Å²) < 4.78 is 5.50. The fourth-order valence-electron chi connectivity index (χ4n) is 5.58. The Kier molecular flexibility index (Phi) is 3.22. The molecule has 0 spiro atoms.